The Kier molecular flexibility index (Phi) is 3.47. The normalized spacial score (nSPS) is 10.8. The third-order valence-electron chi connectivity index (χ3n) is 3.04. The lowest BCUT2D eigenvalue weighted by Gasteiger charge is -2.00. The predicted octanol–water partition coefficient (Wildman–Crippen LogP) is 4.32. The number of aromatic hydroxyl groups is 1. The van der Waals surface area contributed by atoms with Gasteiger partial charge in [0.25, 0.3) is 5.89 Å². The summed E-state index contributed by atoms with van der Waals surface area (Å²) in [7, 11) is 0. The van der Waals surface area contributed by atoms with Crippen LogP contribution < -0.4 is 0 Å². The van der Waals surface area contributed by atoms with Crippen molar-refractivity contribution in [2.45, 2.75) is 6.92 Å². The van der Waals surface area contributed by atoms with Gasteiger partial charge in [0.2, 0.25) is 5.82 Å². The molecule has 1 heterocycles. The van der Waals surface area contributed by atoms with E-state index in [2.05, 4.69) is 26.1 Å². The van der Waals surface area contributed by atoms with Crippen LogP contribution in [0.2, 0.25) is 0 Å². The molecule has 106 valence electrons. The third-order valence-corrected chi connectivity index (χ3v) is 3.53. The van der Waals surface area contributed by atoms with Crippen LogP contribution in [0.3, 0.4) is 0 Å². The highest BCUT2D eigenvalue weighted by Crippen LogP contribution is 2.28. The molecule has 0 unspecified atom stereocenters. The first kappa shape index (κ1) is 13.8. The topological polar surface area (TPSA) is 59.2 Å². The summed E-state index contributed by atoms with van der Waals surface area (Å²) < 4.78 is 19.9. The van der Waals surface area contributed by atoms with Crippen LogP contribution in [0.1, 0.15) is 5.56 Å². The highest BCUT2D eigenvalue weighted by molar-refractivity contribution is 9.10. The number of benzene rings is 2. The Bertz CT molecular complexity index is 751. The van der Waals surface area contributed by atoms with Crippen LogP contribution in [0, 0.1) is 12.7 Å². The van der Waals surface area contributed by atoms with Crippen molar-refractivity contribution in [1.82, 2.24) is 10.1 Å². The van der Waals surface area contributed by atoms with E-state index in [1.165, 1.54) is 12.1 Å². The summed E-state index contributed by atoms with van der Waals surface area (Å²) in [5, 5.41) is 13.1. The lowest BCUT2D eigenvalue weighted by molar-refractivity contribution is 0.428. The average molecular weight is 349 g/mol. The molecule has 0 fully saturated rings. The fourth-order valence-electron chi connectivity index (χ4n) is 2.00. The summed E-state index contributed by atoms with van der Waals surface area (Å²) in [6.07, 6.45) is 0. The van der Waals surface area contributed by atoms with E-state index in [1.54, 1.807) is 0 Å². The van der Waals surface area contributed by atoms with Gasteiger partial charge in [-0.1, -0.05) is 21.1 Å². The minimum Gasteiger partial charge on any atom is -0.508 e. The Morgan fingerprint density at radius 3 is 2.62 bits per heavy atom. The SMILES string of the molecule is Cc1cc(Br)ccc1-c1noc(-c2ccc(O)cc2F)n1. The summed E-state index contributed by atoms with van der Waals surface area (Å²) in [6, 6.07) is 9.45. The van der Waals surface area contributed by atoms with Crippen LogP contribution >= 0.6 is 15.9 Å². The Hall–Kier alpha value is -2.21. The first-order chi connectivity index (χ1) is 10.0. The molecular formula is C15H10BrFN2O2. The standard InChI is InChI=1S/C15H10BrFN2O2/c1-8-6-9(16)2-4-11(8)14-18-15(21-19-14)12-5-3-10(20)7-13(12)17/h2-7,20H,1H3. The van der Waals surface area contributed by atoms with Crippen molar-refractivity contribution in [3.05, 3.63) is 52.3 Å². The summed E-state index contributed by atoms with van der Waals surface area (Å²) >= 11 is 3.39. The summed E-state index contributed by atoms with van der Waals surface area (Å²) in [5.74, 6) is -0.301. The Morgan fingerprint density at radius 1 is 1.14 bits per heavy atom. The van der Waals surface area contributed by atoms with E-state index in [9.17, 15) is 9.50 Å². The number of aromatic nitrogens is 2. The first-order valence-corrected chi connectivity index (χ1v) is 6.93. The Balaban J connectivity index is 2.03. The molecule has 2 aromatic carbocycles. The second kappa shape index (κ2) is 5.29. The summed E-state index contributed by atoms with van der Waals surface area (Å²) in [6.45, 7) is 1.93. The number of phenols is 1. The zero-order valence-electron chi connectivity index (χ0n) is 11.0. The number of rotatable bonds is 2. The molecule has 0 bridgehead atoms. The lowest BCUT2D eigenvalue weighted by atomic mass is 10.1. The van der Waals surface area contributed by atoms with E-state index >= 15 is 0 Å². The van der Waals surface area contributed by atoms with Crippen LogP contribution in [0.4, 0.5) is 4.39 Å². The molecule has 0 aliphatic rings. The van der Waals surface area contributed by atoms with Crippen molar-refractivity contribution in [3.8, 4) is 28.6 Å². The zero-order chi connectivity index (χ0) is 15.0. The number of halogens is 2. The van der Waals surface area contributed by atoms with Gasteiger partial charge in [0.15, 0.2) is 0 Å². The predicted molar refractivity (Wildman–Crippen MR) is 79.2 cm³/mol. The fourth-order valence-corrected chi connectivity index (χ4v) is 2.47. The smallest absolute Gasteiger partial charge is 0.261 e. The third kappa shape index (κ3) is 2.67. The number of nitrogens with zero attached hydrogens (tertiary/aromatic N) is 2. The zero-order valence-corrected chi connectivity index (χ0v) is 12.6. The number of aryl methyl sites for hydroxylation is 1. The van der Waals surface area contributed by atoms with Gasteiger partial charge in [-0.05, 0) is 42.8 Å². The van der Waals surface area contributed by atoms with Gasteiger partial charge in [0.05, 0.1) is 5.56 Å². The quantitative estimate of drug-likeness (QED) is 0.749. The molecule has 0 saturated heterocycles. The molecule has 0 radical (unpaired) electrons. The number of hydrogen-bond donors (Lipinski definition) is 1. The average Bonchev–Trinajstić information content (AvgIpc) is 2.87. The van der Waals surface area contributed by atoms with Crippen molar-refractivity contribution in [2.75, 3.05) is 0 Å². The monoisotopic (exact) mass is 348 g/mol. The van der Waals surface area contributed by atoms with Gasteiger partial charge < -0.3 is 9.63 Å². The molecule has 1 N–H and O–H groups in total. The molecule has 6 heteroatoms. The van der Waals surface area contributed by atoms with E-state index < -0.39 is 5.82 Å². The molecule has 0 saturated carbocycles. The fraction of sp³-hybridized carbons (Fsp3) is 0.0667. The molecule has 3 aromatic rings. The van der Waals surface area contributed by atoms with Crippen molar-refractivity contribution in [3.63, 3.8) is 0 Å². The molecule has 0 spiro atoms. The molecule has 4 nitrogen and oxygen atoms in total. The van der Waals surface area contributed by atoms with Gasteiger partial charge in [0, 0.05) is 16.1 Å². The largest absolute Gasteiger partial charge is 0.508 e. The second-order valence-electron chi connectivity index (χ2n) is 4.55. The molecule has 0 atom stereocenters. The molecular weight excluding hydrogens is 339 g/mol. The Morgan fingerprint density at radius 2 is 1.90 bits per heavy atom. The van der Waals surface area contributed by atoms with Gasteiger partial charge in [-0.2, -0.15) is 4.98 Å². The van der Waals surface area contributed by atoms with Crippen molar-refractivity contribution >= 4 is 15.9 Å². The van der Waals surface area contributed by atoms with Crippen LogP contribution in [0.5, 0.6) is 5.75 Å². The van der Waals surface area contributed by atoms with Crippen molar-refractivity contribution in [2.24, 2.45) is 0 Å². The molecule has 0 aliphatic carbocycles. The molecule has 0 aliphatic heterocycles. The van der Waals surface area contributed by atoms with Gasteiger partial charge in [-0.25, -0.2) is 4.39 Å². The van der Waals surface area contributed by atoms with Gasteiger partial charge in [0.1, 0.15) is 11.6 Å². The van der Waals surface area contributed by atoms with E-state index in [4.69, 9.17) is 4.52 Å². The highest BCUT2D eigenvalue weighted by atomic mass is 79.9. The Labute approximate surface area is 128 Å². The first-order valence-electron chi connectivity index (χ1n) is 6.14. The van der Waals surface area contributed by atoms with Gasteiger partial charge >= 0.3 is 0 Å². The molecule has 21 heavy (non-hydrogen) atoms. The van der Waals surface area contributed by atoms with Crippen LogP contribution in [0.25, 0.3) is 22.8 Å². The van der Waals surface area contributed by atoms with E-state index in [0.29, 0.717) is 5.82 Å². The van der Waals surface area contributed by atoms with Crippen LogP contribution in [0.15, 0.2) is 45.4 Å². The maximum atomic E-state index is 13.8. The van der Waals surface area contributed by atoms with Crippen LogP contribution in [-0.2, 0) is 0 Å². The molecule has 3 rings (SSSR count). The summed E-state index contributed by atoms with van der Waals surface area (Å²) in [4.78, 5) is 4.22. The summed E-state index contributed by atoms with van der Waals surface area (Å²) in [5.41, 5.74) is 1.94. The van der Waals surface area contributed by atoms with Gasteiger partial charge in [-0.3, -0.25) is 0 Å². The van der Waals surface area contributed by atoms with Crippen LogP contribution in [-0.4, -0.2) is 15.2 Å². The van der Waals surface area contributed by atoms with Crippen molar-refractivity contribution < 1.29 is 14.0 Å². The van der Waals surface area contributed by atoms with E-state index in [0.717, 1.165) is 21.7 Å². The maximum Gasteiger partial charge on any atom is 0.261 e. The van der Waals surface area contributed by atoms with E-state index in [-0.39, 0.29) is 17.2 Å². The maximum absolute atomic E-state index is 13.8. The van der Waals surface area contributed by atoms with Gasteiger partial charge in [-0.15, -0.1) is 0 Å². The number of hydrogen-bond acceptors (Lipinski definition) is 4. The molecule has 1 aromatic heterocycles. The van der Waals surface area contributed by atoms with Crippen molar-refractivity contribution in [1.29, 1.82) is 0 Å². The minimum absolute atomic E-state index is 0.0739. The molecule has 0 amide bonds. The minimum atomic E-state index is -0.613. The lowest BCUT2D eigenvalue weighted by Crippen LogP contribution is -1.87. The highest BCUT2D eigenvalue weighted by Gasteiger charge is 2.15. The van der Waals surface area contributed by atoms with E-state index in [1.807, 2.05) is 25.1 Å². The number of phenolic OH excluding ortho intramolecular Hbond substituents is 1. The second-order valence-corrected chi connectivity index (χ2v) is 5.46.